The van der Waals surface area contributed by atoms with E-state index in [2.05, 4.69) is 46.2 Å². The van der Waals surface area contributed by atoms with Crippen LogP contribution in [0.1, 0.15) is 114 Å². The summed E-state index contributed by atoms with van der Waals surface area (Å²) in [4.78, 5) is 19.5. The van der Waals surface area contributed by atoms with E-state index in [4.69, 9.17) is 0 Å². The van der Waals surface area contributed by atoms with Crippen LogP contribution in [0.3, 0.4) is 0 Å². The van der Waals surface area contributed by atoms with E-state index in [9.17, 15) is 4.79 Å². The fraction of sp³-hybridized carbons (Fsp3) is 0.581. The van der Waals surface area contributed by atoms with Gasteiger partial charge in [-0.3, -0.25) is 14.6 Å². The van der Waals surface area contributed by atoms with Crippen molar-refractivity contribution in [2.45, 2.75) is 89.1 Å². The number of hydrogen-bond donors (Lipinski definition) is 0. The topological polar surface area (TPSA) is 23.6 Å². The lowest BCUT2D eigenvalue weighted by molar-refractivity contribution is 0.103. The second-order valence-electron chi connectivity index (χ2n) is 11.3. The number of rotatable bonds is 8. The van der Waals surface area contributed by atoms with E-state index in [0.717, 1.165) is 24.2 Å². The summed E-state index contributed by atoms with van der Waals surface area (Å²) < 4.78 is 0. The predicted octanol–water partition coefficient (Wildman–Crippen LogP) is 6.64. The van der Waals surface area contributed by atoms with E-state index in [-0.39, 0.29) is 5.78 Å². The minimum atomic E-state index is 0.269. The maximum absolute atomic E-state index is 14.4. The van der Waals surface area contributed by atoms with Gasteiger partial charge in [0.2, 0.25) is 0 Å². The maximum Gasteiger partial charge on any atom is 0.193 e. The minimum absolute atomic E-state index is 0.269. The molecule has 0 amide bonds. The SMILES string of the molecule is O=C(c1cccc(C2CCC2)c1CN1CCCC1)c1cccc(C2CCC2)c1CN1CCCC1. The van der Waals surface area contributed by atoms with E-state index < -0.39 is 0 Å². The Balaban J connectivity index is 1.40. The van der Waals surface area contributed by atoms with Gasteiger partial charge in [-0.1, -0.05) is 49.2 Å². The fourth-order valence-corrected chi connectivity index (χ4v) is 6.67. The summed E-state index contributed by atoms with van der Waals surface area (Å²) in [5.74, 6) is 1.57. The second-order valence-corrected chi connectivity index (χ2v) is 11.3. The molecule has 0 bridgehead atoms. The third-order valence-corrected chi connectivity index (χ3v) is 9.16. The van der Waals surface area contributed by atoms with Crippen LogP contribution in [-0.2, 0) is 13.1 Å². The van der Waals surface area contributed by atoms with Gasteiger partial charge in [-0.15, -0.1) is 0 Å². The van der Waals surface area contributed by atoms with Crippen molar-refractivity contribution in [1.29, 1.82) is 0 Å². The summed E-state index contributed by atoms with van der Waals surface area (Å²) >= 11 is 0. The highest BCUT2D eigenvalue weighted by Gasteiger charge is 2.30. The van der Waals surface area contributed by atoms with Gasteiger partial charge in [0.15, 0.2) is 5.78 Å². The number of hydrogen-bond acceptors (Lipinski definition) is 3. The average Bonchev–Trinajstić information content (AvgIpc) is 3.47. The molecule has 0 atom stereocenters. The molecule has 6 rings (SSSR count). The van der Waals surface area contributed by atoms with E-state index in [1.807, 2.05) is 0 Å². The van der Waals surface area contributed by atoms with Gasteiger partial charge in [0.25, 0.3) is 0 Å². The number of carbonyl (C=O) groups excluding carboxylic acids is 1. The summed E-state index contributed by atoms with van der Waals surface area (Å²) in [5.41, 5.74) is 7.54. The molecule has 3 heteroatoms. The zero-order valence-electron chi connectivity index (χ0n) is 20.7. The summed E-state index contributed by atoms with van der Waals surface area (Å²) in [6.45, 7) is 6.57. The molecule has 2 saturated carbocycles. The largest absolute Gasteiger partial charge is 0.299 e. The first kappa shape index (κ1) is 22.5. The number of nitrogens with zero attached hydrogens (tertiary/aromatic N) is 2. The molecule has 2 aromatic carbocycles. The Hall–Kier alpha value is -1.97. The van der Waals surface area contributed by atoms with E-state index in [0.29, 0.717) is 11.8 Å². The molecule has 180 valence electrons. The molecule has 2 aliphatic carbocycles. The lowest BCUT2D eigenvalue weighted by Crippen LogP contribution is -2.25. The van der Waals surface area contributed by atoms with Crippen molar-refractivity contribution in [3.63, 3.8) is 0 Å². The summed E-state index contributed by atoms with van der Waals surface area (Å²) in [5, 5.41) is 0. The molecular weight excluding hydrogens is 416 g/mol. The van der Waals surface area contributed by atoms with Gasteiger partial charge in [0, 0.05) is 24.2 Å². The van der Waals surface area contributed by atoms with Crippen LogP contribution in [0, 0.1) is 0 Å². The first-order valence-corrected chi connectivity index (χ1v) is 14.0. The van der Waals surface area contributed by atoms with Crippen LogP contribution < -0.4 is 0 Å². The number of ketones is 1. The van der Waals surface area contributed by atoms with Gasteiger partial charge in [-0.05, 0) is 112 Å². The molecule has 0 radical (unpaired) electrons. The van der Waals surface area contributed by atoms with E-state index in [1.165, 1.54) is 113 Å². The van der Waals surface area contributed by atoms with Gasteiger partial charge in [-0.2, -0.15) is 0 Å². The molecule has 4 fully saturated rings. The molecule has 2 heterocycles. The molecule has 0 aromatic heterocycles. The predicted molar refractivity (Wildman–Crippen MR) is 139 cm³/mol. The van der Waals surface area contributed by atoms with Crippen molar-refractivity contribution >= 4 is 5.78 Å². The van der Waals surface area contributed by atoms with Gasteiger partial charge in [0.05, 0.1) is 0 Å². The molecule has 4 aliphatic rings. The van der Waals surface area contributed by atoms with E-state index >= 15 is 0 Å². The monoisotopic (exact) mass is 456 g/mol. The lowest BCUT2D eigenvalue weighted by Gasteiger charge is -2.31. The van der Waals surface area contributed by atoms with Crippen LogP contribution in [-0.4, -0.2) is 41.8 Å². The Morgan fingerprint density at radius 3 is 1.38 bits per heavy atom. The molecule has 0 unspecified atom stereocenters. The second kappa shape index (κ2) is 9.95. The first-order chi connectivity index (χ1) is 16.8. The molecule has 2 saturated heterocycles. The van der Waals surface area contributed by atoms with Crippen LogP contribution in [0.5, 0.6) is 0 Å². The Kier molecular flexibility index (Phi) is 6.58. The summed E-state index contributed by atoms with van der Waals surface area (Å²) in [7, 11) is 0. The smallest absolute Gasteiger partial charge is 0.193 e. The first-order valence-electron chi connectivity index (χ1n) is 14.0. The molecule has 34 heavy (non-hydrogen) atoms. The number of carbonyl (C=O) groups is 1. The standard InChI is InChI=1S/C31H40N2O/c34-31(27-15-7-13-25(23-9-5-10-23)29(27)21-32-17-1-2-18-32)28-16-8-14-26(24-11-6-12-24)30(28)22-33-19-3-4-20-33/h7-8,13-16,23-24H,1-6,9-12,17-22H2. The lowest BCUT2D eigenvalue weighted by atomic mass is 9.75. The maximum atomic E-state index is 14.4. The molecular formula is C31H40N2O. The highest BCUT2D eigenvalue weighted by molar-refractivity contribution is 6.11. The highest BCUT2D eigenvalue weighted by Crippen LogP contribution is 2.42. The third kappa shape index (κ3) is 4.38. The van der Waals surface area contributed by atoms with Gasteiger partial charge >= 0.3 is 0 Å². The number of likely N-dealkylation sites (tertiary alicyclic amines) is 2. The van der Waals surface area contributed by atoms with Crippen LogP contribution in [0.4, 0.5) is 0 Å². The molecule has 2 aromatic rings. The highest BCUT2D eigenvalue weighted by atomic mass is 16.1. The normalized spacial score (nSPS) is 22.1. The number of benzene rings is 2. The van der Waals surface area contributed by atoms with Crippen molar-refractivity contribution in [2.24, 2.45) is 0 Å². The van der Waals surface area contributed by atoms with Gasteiger partial charge in [0.1, 0.15) is 0 Å². The van der Waals surface area contributed by atoms with Crippen LogP contribution in [0.2, 0.25) is 0 Å². The minimum Gasteiger partial charge on any atom is -0.299 e. The summed E-state index contributed by atoms with van der Waals surface area (Å²) in [6.07, 6.45) is 12.9. The average molecular weight is 457 g/mol. The molecule has 2 aliphatic heterocycles. The Morgan fingerprint density at radius 2 is 1.03 bits per heavy atom. The van der Waals surface area contributed by atoms with Crippen molar-refractivity contribution in [2.75, 3.05) is 26.2 Å². The van der Waals surface area contributed by atoms with Gasteiger partial charge < -0.3 is 0 Å². The van der Waals surface area contributed by atoms with Crippen molar-refractivity contribution in [1.82, 2.24) is 9.80 Å². The fourth-order valence-electron chi connectivity index (χ4n) is 6.67. The van der Waals surface area contributed by atoms with Crippen LogP contribution >= 0.6 is 0 Å². The molecule has 0 spiro atoms. The molecule has 0 N–H and O–H groups in total. The Bertz CT molecular complexity index is 942. The van der Waals surface area contributed by atoms with Crippen LogP contribution in [0.15, 0.2) is 36.4 Å². The molecule has 3 nitrogen and oxygen atoms in total. The van der Waals surface area contributed by atoms with Crippen molar-refractivity contribution in [3.05, 3.63) is 69.8 Å². The zero-order valence-corrected chi connectivity index (χ0v) is 20.7. The van der Waals surface area contributed by atoms with Crippen molar-refractivity contribution in [3.8, 4) is 0 Å². The zero-order chi connectivity index (χ0) is 22.9. The Morgan fingerprint density at radius 1 is 0.618 bits per heavy atom. The van der Waals surface area contributed by atoms with E-state index in [1.54, 1.807) is 0 Å². The Labute approximate surface area is 205 Å². The quantitative estimate of drug-likeness (QED) is 0.416. The van der Waals surface area contributed by atoms with Crippen molar-refractivity contribution < 1.29 is 4.79 Å². The van der Waals surface area contributed by atoms with Crippen LogP contribution in [0.25, 0.3) is 0 Å². The third-order valence-electron chi connectivity index (χ3n) is 9.16. The summed E-state index contributed by atoms with van der Waals surface area (Å²) in [6, 6.07) is 13.2. The van der Waals surface area contributed by atoms with Gasteiger partial charge in [-0.25, -0.2) is 0 Å².